The molecule has 0 saturated heterocycles. The smallest absolute Gasteiger partial charge is 0.435 e. The van der Waals surface area contributed by atoms with Gasteiger partial charge in [0.25, 0.3) is 0 Å². The summed E-state index contributed by atoms with van der Waals surface area (Å²) < 4.78 is 6.37. The molecule has 3 aromatic rings. The summed E-state index contributed by atoms with van der Waals surface area (Å²) in [5.41, 5.74) is 2.52. The summed E-state index contributed by atoms with van der Waals surface area (Å²) in [7, 11) is 0. The molecule has 100 valence electrons. The van der Waals surface area contributed by atoms with E-state index in [0.29, 0.717) is 6.61 Å². The molecule has 1 aromatic heterocycles. The van der Waals surface area contributed by atoms with Gasteiger partial charge in [0, 0.05) is 10.9 Å². The van der Waals surface area contributed by atoms with E-state index in [1.165, 1.54) is 4.68 Å². The minimum atomic E-state index is -0.453. The standard InChI is InChI=1S/C16H14N2O2/c1-2-20-16(19)18-14-11-7-6-10-13(14)15(17-18)12-8-4-3-5-9-12/h3-11H,2H2,1H3. The predicted molar refractivity (Wildman–Crippen MR) is 77.6 cm³/mol. The Labute approximate surface area is 116 Å². The van der Waals surface area contributed by atoms with Crippen molar-refractivity contribution >= 4 is 17.0 Å². The van der Waals surface area contributed by atoms with Gasteiger partial charge in [0.1, 0.15) is 5.69 Å². The highest BCUT2D eigenvalue weighted by molar-refractivity contribution is 5.97. The number of rotatable bonds is 2. The molecule has 0 bridgehead atoms. The zero-order valence-corrected chi connectivity index (χ0v) is 11.1. The topological polar surface area (TPSA) is 44.1 Å². The highest BCUT2D eigenvalue weighted by Crippen LogP contribution is 2.27. The first kappa shape index (κ1) is 12.4. The fourth-order valence-corrected chi connectivity index (χ4v) is 2.20. The zero-order chi connectivity index (χ0) is 13.9. The third-order valence-corrected chi connectivity index (χ3v) is 3.08. The molecule has 0 fully saturated rings. The van der Waals surface area contributed by atoms with E-state index in [1.807, 2.05) is 54.6 Å². The summed E-state index contributed by atoms with van der Waals surface area (Å²) >= 11 is 0. The van der Waals surface area contributed by atoms with Crippen LogP contribution in [0.4, 0.5) is 4.79 Å². The van der Waals surface area contributed by atoms with Crippen LogP contribution in [0.25, 0.3) is 22.2 Å². The van der Waals surface area contributed by atoms with Gasteiger partial charge in [0.15, 0.2) is 0 Å². The van der Waals surface area contributed by atoms with E-state index in [9.17, 15) is 4.79 Å². The van der Waals surface area contributed by atoms with Gasteiger partial charge in [-0.05, 0) is 13.0 Å². The zero-order valence-electron chi connectivity index (χ0n) is 11.1. The van der Waals surface area contributed by atoms with E-state index in [0.717, 1.165) is 22.2 Å². The first-order valence-electron chi connectivity index (χ1n) is 6.51. The second-order valence-electron chi connectivity index (χ2n) is 4.34. The third kappa shape index (κ3) is 2.05. The predicted octanol–water partition coefficient (Wildman–Crippen LogP) is 3.71. The number of carbonyl (C=O) groups excluding carboxylic acids is 1. The quantitative estimate of drug-likeness (QED) is 0.710. The number of carbonyl (C=O) groups is 1. The highest BCUT2D eigenvalue weighted by atomic mass is 16.5. The highest BCUT2D eigenvalue weighted by Gasteiger charge is 2.16. The molecule has 1 heterocycles. The fourth-order valence-electron chi connectivity index (χ4n) is 2.20. The second kappa shape index (κ2) is 5.17. The first-order valence-corrected chi connectivity index (χ1v) is 6.51. The Balaban J connectivity index is 2.22. The molecule has 0 radical (unpaired) electrons. The number of aromatic nitrogens is 2. The van der Waals surface area contributed by atoms with E-state index in [4.69, 9.17) is 4.74 Å². The van der Waals surface area contributed by atoms with Crippen molar-refractivity contribution in [2.45, 2.75) is 6.92 Å². The minimum Gasteiger partial charge on any atom is -0.448 e. The Morgan fingerprint density at radius 3 is 2.55 bits per heavy atom. The molecule has 0 amide bonds. The van der Waals surface area contributed by atoms with Crippen molar-refractivity contribution in [3.05, 3.63) is 54.6 Å². The van der Waals surface area contributed by atoms with Gasteiger partial charge in [0.05, 0.1) is 12.1 Å². The van der Waals surface area contributed by atoms with Crippen LogP contribution < -0.4 is 0 Å². The van der Waals surface area contributed by atoms with Crippen molar-refractivity contribution in [1.82, 2.24) is 9.78 Å². The number of hydrogen-bond acceptors (Lipinski definition) is 3. The summed E-state index contributed by atoms with van der Waals surface area (Å²) in [4.78, 5) is 12.0. The molecule has 20 heavy (non-hydrogen) atoms. The van der Waals surface area contributed by atoms with Gasteiger partial charge in [-0.3, -0.25) is 0 Å². The molecule has 0 unspecified atom stereocenters. The van der Waals surface area contributed by atoms with Gasteiger partial charge in [-0.2, -0.15) is 9.78 Å². The van der Waals surface area contributed by atoms with E-state index in [2.05, 4.69) is 5.10 Å². The number of benzene rings is 2. The maximum absolute atomic E-state index is 12.0. The van der Waals surface area contributed by atoms with Gasteiger partial charge in [-0.1, -0.05) is 48.5 Å². The van der Waals surface area contributed by atoms with Crippen molar-refractivity contribution in [2.24, 2.45) is 0 Å². The molecule has 0 aliphatic carbocycles. The summed E-state index contributed by atoms with van der Waals surface area (Å²) in [6.07, 6.45) is -0.453. The lowest BCUT2D eigenvalue weighted by Crippen LogP contribution is -2.14. The lowest BCUT2D eigenvalue weighted by atomic mass is 10.1. The van der Waals surface area contributed by atoms with Crippen LogP contribution in [0.15, 0.2) is 54.6 Å². The van der Waals surface area contributed by atoms with E-state index in [1.54, 1.807) is 6.92 Å². The van der Waals surface area contributed by atoms with Crippen LogP contribution in [-0.2, 0) is 4.74 Å². The molecule has 4 nitrogen and oxygen atoms in total. The lowest BCUT2D eigenvalue weighted by Gasteiger charge is -2.01. The van der Waals surface area contributed by atoms with Crippen molar-refractivity contribution in [1.29, 1.82) is 0 Å². The molecule has 0 aliphatic rings. The molecule has 0 saturated carbocycles. The molecule has 4 heteroatoms. The largest absolute Gasteiger partial charge is 0.448 e. The lowest BCUT2D eigenvalue weighted by molar-refractivity contribution is 0.151. The Morgan fingerprint density at radius 2 is 1.80 bits per heavy atom. The number of fused-ring (bicyclic) bond motifs is 1. The first-order chi connectivity index (χ1) is 9.81. The number of hydrogen-bond donors (Lipinski definition) is 0. The SMILES string of the molecule is CCOC(=O)n1nc(-c2ccccc2)c2ccccc21. The normalized spacial score (nSPS) is 10.7. The summed E-state index contributed by atoms with van der Waals surface area (Å²) in [5.74, 6) is 0. The van der Waals surface area contributed by atoms with Crippen LogP contribution >= 0.6 is 0 Å². The Bertz CT molecular complexity index is 748. The molecular weight excluding hydrogens is 252 g/mol. The maximum atomic E-state index is 12.0. The Kier molecular flexibility index (Phi) is 3.21. The van der Waals surface area contributed by atoms with E-state index in [-0.39, 0.29) is 0 Å². The van der Waals surface area contributed by atoms with E-state index < -0.39 is 6.09 Å². The van der Waals surface area contributed by atoms with Gasteiger partial charge >= 0.3 is 6.09 Å². The van der Waals surface area contributed by atoms with Crippen LogP contribution in [0.2, 0.25) is 0 Å². The summed E-state index contributed by atoms with van der Waals surface area (Å²) in [6, 6.07) is 17.5. The maximum Gasteiger partial charge on any atom is 0.435 e. The van der Waals surface area contributed by atoms with Gasteiger partial charge in [0.2, 0.25) is 0 Å². The van der Waals surface area contributed by atoms with Crippen LogP contribution in [0.1, 0.15) is 6.92 Å². The minimum absolute atomic E-state index is 0.327. The molecule has 3 rings (SSSR count). The van der Waals surface area contributed by atoms with Gasteiger partial charge in [-0.15, -0.1) is 0 Å². The third-order valence-electron chi connectivity index (χ3n) is 3.08. The number of nitrogens with zero attached hydrogens (tertiary/aromatic N) is 2. The average Bonchev–Trinajstić information content (AvgIpc) is 2.88. The molecule has 0 spiro atoms. The number of ether oxygens (including phenoxy) is 1. The van der Waals surface area contributed by atoms with Crippen LogP contribution in [-0.4, -0.2) is 22.5 Å². The van der Waals surface area contributed by atoms with Crippen molar-refractivity contribution < 1.29 is 9.53 Å². The second-order valence-corrected chi connectivity index (χ2v) is 4.34. The van der Waals surface area contributed by atoms with Crippen molar-refractivity contribution in [3.8, 4) is 11.3 Å². The number of para-hydroxylation sites is 1. The monoisotopic (exact) mass is 266 g/mol. The van der Waals surface area contributed by atoms with E-state index >= 15 is 0 Å². The van der Waals surface area contributed by atoms with Gasteiger partial charge < -0.3 is 4.74 Å². The van der Waals surface area contributed by atoms with Crippen LogP contribution in [0, 0.1) is 0 Å². The Morgan fingerprint density at radius 1 is 1.10 bits per heavy atom. The summed E-state index contributed by atoms with van der Waals surface area (Å²) in [6.45, 7) is 2.11. The molecular formula is C16H14N2O2. The molecule has 0 aliphatic heterocycles. The summed E-state index contributed by atoms with van der Waals surface area (Å²) in [5, 5.41) is 5.36. The molecule has 0 N–H and O–H groups in total. The van der Waals surface area contributed by atoms with Crippen LogP contribution in [0.5, 0.6) is 0 Å². The van der Waals surface area contributed by atoms with Crippen LogP contribution in [0.3, 0.4) is 0 Å². The van der Waals surface area contributed by atoms with Crippen molar-refractivity contribution in [2.75, 3.05) is 6.61 Å². The Hall–Kier alpha value is -2.62. The molecule has 0 atom stereocenters. The average molecular weight is 266 g/mol. The van der Waals surface area contributed by atoms with Gasteiger partial charge in [-0.25, -0.2) is 4.79 Å². The fraction of sp³-hybridized carbons (Fsp3) is 0.125. The van der Waals surface area contributed by atoms with Crippen molar-refractivity contribution in [3.63, 3.8) is 0 Å². The molecule has 2 aromatic carbocycles.